The molecule has 3 aromatic heterocycles. The predicted molar refractivity (Wildman–Crippen MR) is 172 cm³/mol. The molecule has 12 heteroatoms. The van der Waals surface area contributed by atoms with E-state index < -0.39 is 23.2 Å². The summed E-state index contributed by atoms with van der Waals surface area (Å²) in [4.78, 5) is 36.3. The van der Waals surface area contributed by atoms with Gasteiger partial charge in [0.15, 0.2) is 11.6 Å². The van der Waals surface area contributed by atoms with Gasteiger partial charge in [-0.1, -0.05) is 19.9 Å². The normalized spacial score (nSPS) is 18.3. The van der Waals surface area contributed by atoms with Crippen LogP contribution in [0.1, 0.15) is 43.5 Å². The lowest BCUT2D eigenvalue weighted by Gasteiger charge is -2.46. The Balaban J connectivity index is 1.71. The highest BCUT2D eigenvalue weighted by molar-refractivity contribution is 6.13. The number of carbonyl (C=O) groups is 1. The lowest BCUT2D eigenvalue weighted by molar-refractivity contribution is -0.120. The zero-order valence-corrected chi connectivity index (χ0v) is 25.9. The number of halogens is 2. The molecule has 2 atom stereocenters. The van der Waals surface area contributed by atoms with E-state index in [1.165, 1.54) is 15.5 Å². The summed E-state index contributed by atoms with van der Waals surface area (Å²) in [6.07, 6.45) is 1.65. The summed E-state index contributed by atoms with van der Waals surface area (Å²) in [5.41, 5.74) is 8.63. The molecule has 2 aliphatic rings. The molecule has 0 aliphatic carbocycles. The summed E-state index contributed by atoms with van der Waals surface area (Å²) < 4.78 is 35.5. The van der Waals surface area contributed by atoms with Gasteiger partial charge in [0.2, 0.25) is 0 Å². The first-order valence-electron chi connectivity index (χ1n) is 15.0. The lowest BCUT2D eigenvalue weighted by Crippen LogP contribution is -2.64. The monoisotopic (exact) mass is 612 g/mol. The van der Waals surface area contributed by atoms with E-state index in [9.17, 15) is 9.59 Å². The van der Waals surface area contributed by atoms with Gasteiger partial charge in [0, 0.05) is 43.3 Å². The third-order valence-electron chi connectivity index (χ3n) is 9.19. The molecule has 0 spiro atoms. The second-order valence-corrected chi connectivity index (χ2v) is 12.5. The summed E-state index contributed by atoms with van der Waals surface area (Å²) in [5, 5.41) is 10.8. The van der Waals surface area contributed by atoms with Gasteiger partial charge >= 0.3 is 0 Å². The number of nitrogens with one attached hydrogen (secondary N) is 2. The number of amides is 1. The summed E-state index contributed by atoms with van der Waals surface area (Å²) in [6.45, 7) is 10.1. The van der Waals surface area contributed by atoms with E-state index in [-0.39, 0.29) is 51.4 Å². The Hall–Kier alpha value is -4.84. The van der Waals surface area contributed by atoms with Crippen molar-refractivity contribution < 1.29 is 13.6 Å². The molecule has 0 unspecified atom stereocenters. The van der Waals surface area contributed by atoms with Gasteiger partial charge in [0.25, 0.3) is 11.5 Å². The maximum Gasteiger partial charge on any atom is 0.281 e. The van der Waals surface area contributed by atoms with Crippen LogP contribution < -0.4 is 26.4 Å². The van der Waals surface area contributed by atoms with Crippen molar-refractivity contribution in [2.45, 2.75) is 52.6 Å². The molecule has 0 bridgehead atoms. The number of carbonyl (C=O) groups excluding carboxylic acids is 1. The van der Waals surface area contributed by atoms with Crippen molar-refractivity contribution >= 4 is 44.9 Å². The van der Waals surface area contributed by atoms with Gasteiger partial charge in [-0.2, -0.15) is 5.10 Å². The van der Waals surface area contributed by atoms with Gasteiger partial charge in [0.1, 0.15) is 17.5 Å². The smallest absolute Gasteiger partial charge is 0.281 e. The second kappa shape index (κ2) is 10.1. The highest BCUT2D eigenvalue weighted by Crippen LogP contribution is 2.46. The number of aromatic nitrogens is 4. The highest BCUT2D eigenvalue weighted by atomic mass is 19.1. The van der Waals surface area contributed by atoms with Crippen molar-refractivity contribution in [3.8, 4) is 16.8 Å². The minimum Gasteiger partial charge on any atom is -0.382 e. The van der Waals surface area contributed by atoms with Crippen molar-refractivity contribution in [3.63, 3.8) is 0 Å². The van der Waals surface area contributed by atoms with Crippen molar-refractivity contribution in [3.05, 3.63) is 69.3 Å². The summed E-state index contributed by atoms with van der Waals surface area (Å²) in [5.74, 6) is -2.05. The number of aromatic amines is 1. The fourth-order valence-corrected chi connectivity index (χ4v) is 7.04. The number of hydrogen-bond donors (Lipinski definition) is 3. The number of piperazine rings is 1. The van der Waals surface area contributed by atoms with Crippen molar-refractivity contribution in [2.75, 3.05) is 35.7 Å². The highest BCUT2D eigenvalue weighted by Gasteiger charge is 2.43. The minimum absolute atomic E-state index is 0.0332. The Labute approximate surface area is 257 Å². The molecule has 4 N–H and O–H groups in total. The van der Waals surface area contributed by atoms with E-state index in [1.807, 2.05) is 32.6 Å². The van der Waals surface area contributed by atoms with Crippen LogP contribution in [-0.4, -0.2) is 57.9 Å². The summed E-state index contributed by atoms with van der Waals surface area (Å²) >= 11 is 0. The second-order valence-electron chi connectivity index (χ2n) is 12.5. The van der Waals surface area contributed by atoms with Crippen LogP contribution in [-0.2, 0) is 4.79 Å². The molecule has 7 rings (SSSR count). The van der Waals surface area contributed by atoms with Crippen LogP contribution >= 0.6 is 0 Å². The minimum atomic E-state index is -0.918. The molecule has 1 saturated heterocycles. The van der Waals surface area contributed by atoms with Crippen molar-refractivity contribution in [2.24, 2.45) is 0 Å². The molecule has 0 radical (unpaired) electrons. The predicted octanol–water partition coefficient (Wildman–Crippen LogP) is 4.67. The number of likely N-dealkylation sites (N-methyl/N-ethyl adjacent to an activating group) is 1. The first kappa shape index (κ1) is 28.9. The molecular weight excluding hydrogens is 578 g/mol. The van der Waals surface area contributed by atoms with Gasteiger partial charge in [-0.3, -0.25) is 24.2 Å². The maximum atomic E-state index is 17.6. The average molecular weight is 613 g/mol. The average Bonchev–Trinajstić information content (AvgIpc) is 3.37. The number of anilines is 3. The van der Waals surface area contributed by atoms with Gasteiger partial charge < -0.3 is 20.9 Å². The molecule has 5 aromatic rings. The van der Waals surface area contributed by atoms with Gasteiger partial charge in [-0.25, -0.2) is 8.78 Å². The van der Waals surface area contributed by atoms with Gasteiger partial charge in [-0.15, -0.1) is 0 Å². The number of H-pyrrole nitrogens is 1. The Bertz CT molecular complexity index is 2140. The molecule has 2 aliphatic heterocycles. The van der Waals surface area contributed by atoms with Crippen LogP contribution in [0.15, 0.2) is 35.3 Å². The number of hydrogen-bond acceptors (Lipinski definition) is 7. The van der Waals surface area contributed by atoms with E-state index in [1.54, 1.807) is 38.4 Å². The Morgan fingerprint density at radius 1 is 1.04 bits per heavy atom. The summed E-state index contributed by atoms with van der Waals surface area (Å²) in [6, 6.07) is 5.86. The first-order valence-corrected chi connectivity index (χ1v) is 15.0. The van der Waals surface area contributed by atoms with E-state index in [0.29, 0.717) is 52.2 Å². The number of fused-ring (bicyclic) bond motifs is 6. The topological polar surface area (TPSA) is 125 Å². The van der Waals surface area contributed by atoms with Crippen LogP contribution in [0.25, 0.3) is 38.6 Å². The number of nitrogens with zero attached hydrogens (tertiary/aromatic N) is 5. The first-order chi connectivity index (χ1) is 21.4. The third-order valence-corrected chi connectivity index (χ3v) is 9.19. The number of benzene rings is 2. The SMILES string of the molecule is Cc1ccnc(C(C)C)c1-n1c(=O)c2c(c3cc(F)c(-c4c(C)ccc5[nH]nc(N)c45)c(F)c31)N1C[C@@H](C)NC[C@@H]1C(=O)N2C. The Kier molecular flexibility index (Phi) is 6.48. The number of nitrogen functional groups attached to an aromatic ring is 1. The van der Waals surface area contributed by atoms with E-state index in [0.717, 1.165) is 0 Å². The molecule has 1 amide bonds. The number of pyridine rings is 2. The summed E-state index contributed by atoms with van der Waals surface area (Å²) in [7, 11) is 1.54. The van der Waals surface area contributed by atoms with Crippen LogP contribution in [0.4, 0.5) is 26.0 Å². The number of aryl methyl sites for hydroxylation is 2. The molecule has 5 heterocycles. The fraction of sp³-hybridized carbons (Fsp3) is 0.333. The van der Waals surface area contributed by atoms with Crippen LogP contribution in [0.3, 0.4) is 0 Å². The molecule has 45 heavy (non-hydrogen) atoms. The quantitative estimate of drug-likeness (QED) is 0.270. The van der Waals surface area contributed by atoms with Crippen LogP contribution in [0.5, 0.6) is 0 Å². The van der Waals surface area contributed by atoms with E-state index in [4.69, 9.17) is 5.73 Å². The van der Waals surface area contributed by atoms with Crippen molar-refractivity contribution in [1.82, 2.24) is 25.1 Å². The zero-order chi connectivity index (χ0) is 32.1. The van der Waals surface area contributed by atoms with Crippen molar-refractivity contribution in [1.29, 1.82) is 0 Å². The molecule has 2 aromatic carbocycles. The molecular formula is C33H34F2N8O2. The van der Waals surface area contributed by atoms with Crippen LogP contribution in [0, 0.1) is 25.5 Å². The molecule has 0 saturated carbocycles. The van der Waals surface area contributed by atoms with E-state index >= 15 is 8.78 Å². The maximum absolute atomic E-state index is 17.6. The zero-order valence-electron chi connectivity index (χ0n) is 25.9. The molecule has 232 valence electrons. The Morgan fingerprint density at radius 3 is 2.53 bits per heavy atom. The number of rotatable bonds is 3. The van der Waals surface area contributed by atoms with Crippen LogP contribution in [0.2, 0.25) is 0 Å². The Morgan fingerprint density at radius 2 is 1.80 bits per heavy atom. The fourth-order valence-electron chi connectivity index (χ4n) is 7.04. The lowest BCUT2D eigenvalue weighted by atomic mass is 9.92. The van der Waals surface area contributed by atoms with E-state index in [2.05, 4.69) is 20.5 Å². The molecule has 1 fully saturated rings. The standard InChI is InChI=1S/C33H34F2N8O2/c1-14(2)26-27(16(4)9-10-37-26)43-28-18(29-30(33(43)45)41(6)32(44)21-12-38-17(5)13-42(21)29)11-19(34)23(25(28)35)22-15(3)7-8-20-24(22)31(36)40-39-20/h7-11,14,17,21,38H,12-13H2,1-6H3,(H3,36,39,40)/t17-,21-/m1/s1. The third kappa shape index (κ3) is 4.01. The number of nitrogens with two attached hydrogens (primary N) is 1. The largest absolute Gasteiger partial charge is 0.382 e. The van der Waals surface area contributed by atoms with Gasteiger partial charge in [-0.05, 0) is 56.0 Å². The van der Waals surface area contributed by atoms with Gasteiger partial charge in [0.05, 0.1) is 39.1 Å². The molecule has 10 nitrogen and oxygen atoms in total.